The lowest BCUT2D eigenvalue weighted by molar-refractivity contribution is -0.338. The molecule has 1 aromatic heterocycles. The third-order valence-corrected chi connectivity index (χ3v) is 14.1. The number of hydrogen-bond acceptors (Lipinski definition) is 16. The molecule has 0 bridgehead atoms. The molecule has 2 saturated carbocycles. The van der Waals surface area contributed by atoms with E-state index >= 15 is 0 Å². The Kier molecular flexibility index (Phi) is 19.9. The number of aryl methyl sites for hydroxylation is 1. The summed E-state index contributed by atoms with van der Waals surface area (Å²) in [5.41, 5.74) is 0.950. The van der Waals surface area contributed by atoms with Gasteiger partial charge >= 0.3 is 0 Å². The molecule has 0 aromatic carbocycles. The van der Waals surface area contributed by atoms with E-state index in [1.54, 1.807) is 16.5 Å². The third kappa shape index (κ3) is 13.7. The number of nitrogens with one attached hydrogen (secondary N) is 1. The molecular formula is C46H77N5O14. The number of ether oxygens (including phenoxy) is 6. The van der Waals surface area contributed by atoms with Gasteiger partial charge in [0.2, 0.25) is 5.91 Å². The highest BCUT2D eigenvalue weighted by molar-refractivity contribution is 5.82. The molecule has 3 saturated heterocycles. The Balaban J connectivity index is 1.20. The second-order valence-electron chi connectivity index (χ2n) is 19.0. The van der Waals surface area contributed by atoms with Gasteiger partial charge in [-0.3, -0.25) is 14.4 Å². The molecule has 2 aliphatic carbocycles. The second kappa shape index (κ2) is 25.1. The van der Waals surface area contributed by atoms with Crippen LogP contribution in [0.3, 0.4) is 0 Å². The van der Waals surface area contributed by atoms with Gasteiger partial charge in [0.1, 0.15) is 54.6 Å². The highest BCUT2D eigenvalue weighted by Gasteiger charge is 2.53. The summed E-state index contributed by atoms with van der Waals surface area (Å²) in [5.74, 6) is -1.25. The van der Waals surface area contributed by atoms with Crippen LogP contribution < -0.4 is 5.32 Å². The van der Waals surface area contributed by atoms with Gasteiger partial charge < -0.3 is 64.2 Å². The van der Waals surface area contributed by atoms with E-state index in [4.69, 9.17) is 28.4 Å². The lowest BCUT2D eigenvalue weighted by Crippen LogP contribution is -2.67. The SMILES string of the molecule is CCCCc1cn(CCOCCCC(=O)C2CC(CC)[C@@H](O[C@@H]3OC(C)[C@@H](O)[C@H](O)C3O)[C@H](O[C@@H]3O[C@@H](CO)[C@H](O)C(O[C@@H](CC4CCCCC4)C(=O)N4CCC4)C3NC(C)=O)C2)nn1. The topological polar surface area (TPSA) is 254 Å². The molecule has 5 fully saturated rings. The molecule has 3 aliphatic heterocycles. The van der Waals surface area contributed by atoms with E-state index in [2.05, 4.69) is 22.6 Å². The summed E-state index contributed by atoms with van der Waals surface area (Å²) in [6.07, 6.45) is -1.59. The fourth-order valence-electron chi connectivity index (χ4n) is 10.1. The molecule has 6 unspecified atom stereocenters. The number of nitrogens with zero attached hydrogens (tertiary/aromatic N) is 4. The molecule has 1 aromatic rings. The van der Waals surface area contributed by atoms with Crippen molar-refractivity contribution in [2.75, 3.05) is 32.9 Å². The van der Waals surface area contributed by atoms with Gasteiger partial charge in [-0.25, -0.2) is 4.68 Å². The molecule has 0 spiro atoms. The van der Waals surface area contributed by atoms with Gasteiger partial charge in [-0.1, -0.05) is 64.0 Å². The van der Waals surface area contributed by atoms with E-state index in [1.807, 2.05) is 13.1 Å². The highest BCUT2D eigenvalue weighted by Crippen LogP contribution is 2.41. The zero-order valence-corrected chi connectivity index (χ0v) is 38.9. The summed E-state index contributed by atoms with van der Waals surface area (Å²) >= 11 is 0. The zero-order chi connectivity index (χ0) is 46.6. The van der Waals surface area contributed by atoms with E-state index in [0.717, 1.165) is 63.5 Å². The number of hydrogen-bond donors (Lipinski definition) is 6. The first-order chi connectivity index (χ1) is 31.3. The Hall–Kier alpha value is -2.69. The highest BCUT2D eigenvalue weighted by atomic mass is 16.7. The average molecular weight is 924 g/mol. The smallest absolute Gasteiger partial charge is 0.251 e. The Morgan fingerprint density at radius 3 is 2.35 bits per heavy atom. The van der Waals surface area contributed by atoms with Crippen LogP contribution in [0.5, 0.6) is 0 Å². The number of likely N-dealkylation sites (tertiary alicyclic amines) is 1. The normalized spacial score (nSPS) is 35.1. The third-order valence-electron chi connectivity index (χ3n) is 14.1. The predicted molar refractivity (Wildman–Crippen MR) is 233 cm³/mol. The Morgan fingerprint density at radius 1 is 0.908 bits per heavy atom. The lowest BCUT2D eigenvalue weighted by Gasteiger charge is -2.49. The van der Waals surface area contributed by atoms with Crippen LogP contribution in [-0.2, 0) is 55.8 Å². The van der Waals surface area contributed by atoms with E-state index in [1.165, 1.54) is 6.92 Å². The van der Waals surface area contributed by atoms with Gasteiger partial charge in [-0.05, 0) is 63.7 Å². The van der Waals surface area contributed by atoms with Gasteiger partial charge in [-0.2, -0.15) is 0 Å². The quantitative estimate of drug-likeness (QED) is 0.0852. The van der Waals surface area contributed by atoms with Crippen LogP contribution in [0.2, 0.25) is 0 Å². The molecule has 19 heteroatoms. The fraction of sp³-hybridized carbons (Fsp3) is 0.891. The van der Waals surface area contributed by atoms with Crippen molar-refractivity contribution in [3.8, 4) is 0 Å². The predicted octanol–water partition coefficient (Wildman–Crippen LogP) is 1.56. The summed E-state index contributed by atoms with van der Waals surface area (Å²) in [4.78, 5) is 42.7. The summed E-state index contributed by atoms with van der Waals surface area (Å²) in [6.45, 7) is 8.84. The number of carbonyl (C=O) groups is 3. The minimum absolute atomic E-state index is 0.0000355. The molecule has 6 rings (SSSR count). The van der Waals surface area contributed by atoms with Crippen molar-refractivity contribution in [2.24, 2.45) is 17.8 Å². The van der Waals surface area contributed by atoms with Crippen molar-refractivity contribution in [3.05, 3.63) is 11.9 Å². The maximum atomic E-state index is 14.0. The van der Waals surface area contributed by atoms with E-state index in [-0.39, 0.29) is 36.4 Å². The first-order valence-corrected chi connectivity index (χ1v) is 24.5. The lowest BCUT2D eigenvalue weighted by atomic mass is 9.74. The van der Waals surface area contributed by atoms with E-state index in [0.29, 0.717) is 58.5 Å². The second-order valence-corrected chi connectivity index (χ2v) is 19.0. The molecule has 65 heavy (non-hydrogen) atoms. The fourth-order valence-corrected chi connectivity index (χ4v) is 10.1. The van der Waals surface area contributed by atoms with Crippen molar-refractivity contribution >= 4 is 17.6 Å². The number of Topliss-reactive ketones (excluding diaryl/α,β-unsaturated/α-hetero) is 1. The Bertz CT molecular complexity index is 1630. The number of amides is 2. The minimum atomic E-state index is -1.61. The molecular weight excluding hydrogens is 847 g/mol. The Morgan fingerprint density at radius 2 is 1.68 bits per heavy atom. The number of aromatic nitrogens is 3. The maximum Gasteiger partial charge on any atom is 0.251 e. The number of rotatable bonds is 23. The molecule has 6 N–H and O–H groups in total. The minimum Gasteiger partial charge on any atom is -0.394 e. The standard InChI is InChI=1S/C46H77N5O14/c1-5-7-15-32-25-51(49-48-32)19-21-60-20-11-16-33(54)31-23-30(6-2)42(65-46-41(58)40(57)38(55)27(3)61-46)34(24-31)63-45-37(47-28(4)53)43(39(56)36(26-52)64-45)62-35(44(59)50-17-12-18-50)22-29-13-9-8-10-14-29/h25,27,29-31,34-43,45-46,52,55-58H,5-24,26H2,1-4H3,(H,47,53)/t27?,30?,31?,34-,35+,36+,37?,38-,39+,40+,41?,42-,43?,45-,46+/m1/s1. The van der Waals surface area contributed by atoms with Crippen molar-refractivity contribution in [1.29, 1.82) is 0 Å². The molecule has 4 heterocycles. The maximum absolute atomic E-state index is 14.0. The molecule has 370 valence electrons. The summed E-state index contributed by atoms with van der Waals surface area (Å²) < 4.78 is 39.8. The van der Waals surface area contributed by atoms with Gasteiger partial charge in [0.05, 0.1) is 43.8 Å². The summed E-state index contributed by atoms with van der Waals surface area (Å²) in [7, 11) is 0. The van der Waals surface area contributed by atoms with Crippen LogP contribution in [0.15, 0.2) is 6.20 Å². The van der Waals surface area contributed by atoms with E-state index < -0.39 is 98.1 Å². The van der Waals surface area contributed by atoms with Crippen molar-refractivity contribution in [1.82, 2.24) is 25.2 Å². The van der Waals surface area contributed by atoms with Crippen LogP contribution in [0.1, 0.15) is 123 Å². The molecule has 15 atom stereocenters. The van der Waals surface area contributed by atoms with Gasteiger partial charge in [0.25, 0.3) is 5.91 Å². The molecule has 19 nitrogen and oxygen atoms in total. The first kappa shape index (κ1) is 51.7. The van der Waals surface area contributed by atoms with E-state index in [9.17, 15) is 39.9 Å². The summed E-state index contributed by atoms with van der Waals surface area (Å²) in [5, 5.41) is 65.7. The van der Waals surface area contributed by atoms with Gasteiger partial charge in [0.15, 0.2) is 12.6 Å². The number of ketones is 1. The zero-order valence-electron chi connectivity index (χ0n) is 38.9. The van der Waals surface area contributed by atoms with Crippen molar-refractivity contribution in [2.45, 2.75) is 210 Å². The number of unbranched alkanes of at least 4 members (excludes halogenated alkanes) is 1. The molecule has 2 amide bonds. The molecule has 0 radical (unpaired) electrons. The molecule has 5 aliphatic rings. The largest absolute Gasteiger partial charge is 0.394 e. The first-order valence-electron chi connectivity index (χ1n) is 24.5. The van der Waals surface area contributed by atoms with Gasteiger partial charge in [-0.15, -0.1) is 5.10 Å². The monoisotopic (exact) mass is 924 g/mol. The van der Waals surface area contributed by atoms with Crippen LogP contribution in [-0.4, -0.2) is 176 Å². The van der Waals surface area contributed by atoms with Crippen LogP contribution in [0.4, 0.5) is 0 Å². The summed E-state index contributed by atoms with van der Waals surface area (Å²) in [6, 6.07) is -1.17. The van der Waals surface area contributed by atoms with Crippen LogP contribution in [0.25, 0.3) is 0 Å². The van der Waals surface area contributed by atoms with Crippen LogP contribution >= 0.6 is 0 Å². The number of aliphatic hydroxyl groups is 5. The number of carbonyl (C=O) groups excluding carboxylic acids is 3. The van der Waals surface area contributed by atoms with Crippen molar-refractivity contribution < 1.29 is 68.3 Å². The van der Waals surface area contributed by atoms with Gasteiger partial charge in [0, 0.05) is 45.2 Å². The van der Waals surface area contributed by atoms with Crippen LogP contribution in [0, 0.1) is 17.8 Å². The average Bonchev–Trinajstić information content (AvgIpc) is 3.74. The number of aliphatic hydroxyl groups excluding tert-OH is 5. The Labute approximate surface area is 383 Å². The van der Waals surface area contributed by atoms with Crippen molar-refractivity contribution in [3.63, 3.8) is 0 Å².